The molecule has 2 saturated heterocycles. The van der Waals surface area contributed by atoms with Crippen molar-refractivity contribution in [1.29, 1.82) is 0 Å². The molecule has 27 heavy (non-hydrogen) atoms. The molecule has 5 heterocycles. The van der Waals surface area contributed by atoms with Crippen molar-refractivity contribution in [3.8, 4) is 0 Å². The number of likely N-dealkylation sites (tertiary alicyclic amines) is 1. The van der Waals surface area contributed by atoms with Crippen LogP contribution >= 0.6 is 0 Å². The predicted octanol–water partition coefficient (Wildman–Crippen LogP) is 2.06. The summed E-state index contributed by atoms with van der Waals surface area (Å²) in [6.45, 7) is 5.11. The van der Waals surface area contributed by atoms with E-state index in [1.165, 1.54) is 0 Å². The minimum absolute atomic E-state index is 0.0189. The maximum absolute atomic E-state index is 13.2. The van der Waals surface area contributed by atoms with E-state index in [9.17, 15) is 4.79 Å². The van der Waals surface area contributed by atoms with Crippen molar-refractivity contribution in [2.75, 3.05) is 13.1 Å². The molecule has 3 atom stereocenters. The molecule has 8 nitrogen and oxygen atoms in total. The van der Waals surface area contributed by atoms with Crippen molar-refractivity contribution < 1.29 is 9.53 Å². The van der Waals surface area contributed by atoms with Crippen LogP contribution in [0.15, 0.2) is 24.4 Å². The van der Waals surface area contributed by atoms with Gasteiger partial charge in [0.05, 0.1) is 11.8 Å². The van der Waals surface area contributed by atoms with Gasteiger partial charge in [-0.2, -0.15) is 5.10 Å². The summed E-state index contributed by atoms with van der Waals surface area (Å²) in [5.41, 5.74) is 2.20. The van der Waals surface area contributed by atoms with Gasteiger partial charge in [0.25, 0.3) is 5.91 Å². The quantitative estimate of drug-likeness (QED) is 0.750. The number of hydrogen-bond acceptors (Lipinski definition) is 5. The number of amides is 1. The smallest absolute Gasteiger partial charge is 0.272 e. The van der Waals surface area contributed by atoms with Crippen molar-refractivity contribution in [3.63, 3.8) is 0 Å². The molecule has 0 aromatic carbocycles. The van der Waals surface area contributed by atoms with Gasteiger partial charge in [0.2, 0.25) is 0 Å². The molecule has 3 aromatic heterocycles. The van der Waals surface area contributed by atoms with Crippen LogP contribution in [0.5, 0.6) is 0 Å². The number of rotatable bonds is 2. The van der Waals surface area contributed by atoms with Crippen LogP contribution in [0.4, 0.5) is 0 Å². The Bertz CT molecular complexity index is 1010. The Hall–Kier alpha value is -2.74. The fraction of sp³-hybridized carbons (Fsp3) is 0.474. The zero-order valence-electron chi connectivity index (χ0n) is 15.4. The highest BCUT2D eigenvalue weighted by Crippen LogP contribution is 2.40. The minimum atomic E-state index is -0.0856. The maximum atomic E-state index is 13.2. The number of carbonyl (C=O) groups is 1. The van der Waals surface area contributed by atoms with Crippen molar-refractivity contribution in [2.24, 2.45) is 5.92 Å². The minimum Gasteiger partial charge on any atom is -0.365 e. The second-order valence-corrected chi connectivity index (χ2v) is 7.45. The Kier molecular flexibility index (Phi) is 3.75. The molecule has 0 spiro atoms. The average Bonchev–Trinajstić information content (AvgIpc) is 3.35. The van der Waals surface area contributed by atoms with Gasteiger partial charge in [-0.1, -0.05) is 6.07 Å². The zero-order valence-corrected chi connectivity index (χ0v) is 15.4. The highest BCUT2D eigenvalue weighted by atomic mass is 16.5. The van der Waals surface area contributed by atoms with Crippen LogP contribution in [0.2, 0.25) is 0 Å². The number of aromatic amines is 1. The number of H-pyrrole nitrogens is 1. The molecule has 0 aliphatic carbocycles. The van der Waals surface area contributed by atoms with E-state index in [1.807, 2.05) is 47.5 Å². The molecule has 3 aromatic rings. The topological polar surface area (TPSA) is 88.4 Å². The largest absolute Gasteiger partial charge is 0.365 e. The lowest BCUT2D eigenvalue weighted by Crippen LogP contribution is -2.45. The molecule has 2 fully saturated rings. The summed E-state index contributed by atoms with van der Waals surface area (Å²) < 4.78 is 8.09. The predicted molar refractivity (Wildman–Crippen MR) is 97.3 cm³/mol. The second kappa shape index (κ2) is 6.16. The van der Waals surface area contributed by atoms with Crippen LogP contribution < -0.4 is 0 Å². The first-order valence-electron chi connectivity index (χ1n) is 9.37. The van der Waals surface area contributed by atoms with Gasteiger partial charge < -0.3 is 9.64 Å². The third-order valence-electron chi connectivity index (χ3n) is 5.65. The van der Waals surface area contributed by atoms with E-state index in [0.29, 0.717) is 18.2 Å². The fourth-order valence-electron chi connectivity index (χ4n) is 4.31. The summed E-state index contributed by atoms with van der Waals surface area (Å²) in [7, 11) is 0. The van der Waals surface area contributed by atoms with Crippen LogP contribution in [0.25, 0.3) is 5.65 Å². The standard InChI is InChI=1S/C19H22N6O2/c1-11-17(25-7-4-3-5-16(25)20-11)19(26)24-8-6-13-9-14(27-15(13)10-24)18-21-12(2)22-23-18/h3-5,7,13-15H,6,8-10H2,1-2H3,(H,21,22,23)/t13?,14-,15-/m1/s1. The number of imidazole rings is 1. The van der Waals surface area contributed by atoms with E-state index in [1.54, 1.807) is 0 Å². The molecule has 140 valence electrons. The van der Waals surface area contributed by atoms with E-state index < -0.39 is 0 Å². The normalized spacial score (nSPS) is 25.1. The Morgan fingerprint density at radius 1 is 1.30 bits per heavy atom. The van der Waals surface area contributed by atoms with Crippen molar-refractivity contribution in [2.45, 2.75) is 38.9 Å². The van der Waals surface area contributed by atoms with E-state index in [-0.39, 0.29) is 18.1 Å². The van der Waals surface area contributed by atoms with Crippen molar-refractivity contribution in [1.82, 2.24) is 29.5 Å². The fourth-order valence-corrected chi connectivity index (χ4v) is 4.31. The monoisotopic (exact) mass is 366 g/mol. The Balaban J connectivity index is 1.36. The van der Waals surface area contributed by atoms with Crippen LogP contribution in [0.1, 0.15) is 46.8 Å². The van der Waals surface area contributed by atoms with E-state index in [2.05, 4.69) is 20.2 Å². The number of aromatic nitrogens is 5. The summed E-state index contributed by atoms with van der Waals surface area (Å²) in [6.07, 6.45) is 3.69. The summed E-state index contributed by atoms with van der Waals surface area (Å²) in [5.74, 6) is 1.98. The summed E-state index contributed by atoms with van der Waals surface area (Å²) >= 11 is 0. The molecule has 2 aliphatic rings. The molecule has 1 amide bonds. The average molecular weight is 366 g/mol. The summed E-state index contributed by atoms with van der Waals surface area (Å²) in [6, 6.07) is 5.76. The SMILES string of the molecule is Cc1nc([C@H]2CC3CCN(C(=O)c4c(C)nc5ccccn45)C[C@H]3O2)n[nH]1. The molecule has 8 heteroatoms. The lowest BCUT2D eigenvalue weighted by atomic mass is 9.91. The first kappa shape index (κ1) is 16.4. The van der Waals surface area contributed by atoms with Gasteiger partial charge >= 0.3 is 0 Å². The van der Waals surface area contributed by atoms with Gasteiger partial charge in [-0.25, -0.2) is 9.97 Å². The summed E-state index contributed by atoms with van der Waals surface area (Å²) in [4.78, 5) is 24.0. The van der Waals surface area contributed by atoms with Crippen molar-refractivity contribution in [3.05, 3.63) is 47.4 Å². The Labute approximate surface area is 156 Å². The molecule has 1 N–H and O–H groups in total. The first-order chi connectivity index (χ1) is 13.1. The molecule has 0 saturated carbocycles. The van der Waals surface area contributed by atoms with Gasteiger partial charge in [0, 0.05) is 19.3 Å². The number of aryl methyl sites for hydroxylation is 2. The van der Waals surface area contributed by atoms with Crippen LogP contribution in [-0.4, -0.2) is 54.6 Å². The Morgan fingerprint density at radius 3 is 3.00 bits per heavy atom. The zero-order chi connectivity index (χ0) is 18.5. The summed E-state index contributed by atoms with van der Waals surface area (Å²) in [5, 5.41) is 7.12. The third-order valence-corrected chi connectivity index (χ3v) is 5.65. The van der Waals surface area contributed by atoms with Crippen LogP contribution in [-0.2, 0) is 4.74 Å². The van der Waals surface area contributed by atoms with Crippen molar-refractivity contribution >= 4 is 11.6 Å². The third kappa shape index (κ3) is 2.71. The van der Waals surface area contributed by atoms with Gasteiger partial charge in [-0.05, 0) is 44.7 Å². The van der Waals surface area contributed by atoms with Gasteiger partial charge in [0.15, 0.2) is 5.82 Å². The molecule has 1 unspecified atom stereocenters. The lowest BCUT2D eigenvalue weighted by molar-refractivity contribution is -0.00703. The maximum Gasteiger partial charge on any atom is 0.272 e. The second-order valence-electron chi connectivity index (χ2n) is 7.45. The van der Waals surface area contributed by atoms with Gasteiger partial charge in [-0.3, -0.25) is 14.3 Å². The number of piperidine rings is 1. The Morgan fingerprint density at radius 2 is 2.19 bits per heavy atom. The number of carbonyl (C=O) groups excluding carboxylic acids is 1. The van der Waals surface area contributed by atoms with Gasteiger partial charge in [0.1, 0.15) is 23.3 Å². The molecular weight excluding hydrogens is 344 g/mol. The van der Waals surface area contributed by atoms with Gasteiger partial charge in [-0.15, -0.1) is 0 Å². The van der Waals surface area contributed by atoms with Crippen LogP contribution in [0, 0.1) is 19.8 Å². The molecule has 2 aliphatic heterocycles. The number of fused-ring (bicyclic) bond motifs is 2. The number of nitrogens with zero attached hydrogens (tertiary/aromatic N) is 5. The molecular formula is C19H22N6O2. The van der Waals surface area contributed by atoms with E-state index in [0.717, 1.165) is 42.4 Å². The molecule has 0 radical (unpaired) electrons. The number of nitrogens with one attached hydrogen (secondary N) is 1. The number of hydrogen-bond donors (Lipinski definition) is 1. The highest BCUT2D eigenvalue weighted by Gasteiger charge is 2.42. The molecule has 5 rings (SSSR count). The molecule has 0 bridgehead atoms. The van der Waals surface area contributed by atoms with E-state index in [4.69, 9.17) is 4.74 Å². The highest BCUT2D eigenvalue weighted by molar-refractivity contribution is 5.94. The number of ether oxygens (including phenoxy) is 1. The van der Waals surface area contributed by atoms with Crippen LogP contribution in [0.3, 0.4) is 0 Å². The van der Waals surface area contributed by atoms with E-state index >= 15 is 0 Å². The lowest BCUT2D eigenvalue weighted by Gasteiger charge is -2.34. The number of pyridine rings is 1. The first-order valence-corrected chi connectivity index (χ1v) is 9.37.